The van der Waals surface area contributed by atoms with Crippen LogP contribution in [0.5, 0.6) is 0 Å². The van der Waals surface area contributed by atoms with Gasteiger partial charge in [-0.15, -0.1) is 0 Å². The number of aromatic nitrogens is 2. The molecule has 0 amide bonds. The number of carbonyl (C=O) groups excluding carboxylic acids is 1. The van der Waals surface area contributed by atoms with Crippen molar-refractivity contribution in [3.05, 3.63) is 35.7 Å². The number of rotatable bonds is 3. The highest BCUT2D eigenvalue weighted by molar-refractivity contribution is 5.66. The van der Waals surface area contributed by atoms with Gasteiger partial charge in [-0.2, -0.15) is 4.98 Å². The predicted octanol–water partition coefficient (Wildman–Crippen LogP) is 2.67. The van der Waals surface area contributed by atoms with Crippen LogP contribution in [0.15, 0.2) is 28.8 Å². The second-order valence-corrected chi connectivity index (χ2v) is 4.08. The Morgan fingerprint density at radius 1 is 1.44 bits per heavy atom. The van der Waals surface area contributed by atoms with Gasteiger partial charge in [-0.05, 0) is 26.0 Å². The molecule has 0 unspecified atom stereocenters. The van der Waals surface area contributed by atoms with Crippen LogP contribution in [0.25, 0.3) is 11.5 Å². The van der Waals surface area contributed by atoms with Crippen molar-refractivity contribution in [2.75, 3.05) is 0 Å². The van der Waals surface area contributed by atoms with Gasteiger partial charge in [0.1, 0.15) is 0 Å². The number of aryl methyl sites for hydroxylation is 1. The molecule has 0 fully saturated rings. The summed E-state index contributed by atoms with van der Waals surface area (Å²) < 4.78 is 10.1. The van der Waals surface area contributed by atoms with Gasteiger partial charge in [0, 0.05) is 12.5 Å². The first-order valence-electron chi connectivity index (χ1n) is 5.64. The Labute approximate surface area is 105 Å². The van der Waals surface area contributed by atoms with E-state index in [-0.39, 0.29) is 5.97 Å². The predicted molar refractivity (Wildman–Crippen MR) is 64.7 cm³/mol. The van der Waals surface area contributed by atoms with Crippen molar-refractivity contribution in [2.24, 2.45) is 0 Å². The molecule has 0 saturated heterocycles. The van der Waals surface area contributed by atoms with E-state index in [1.54, 1.807) is 6.92 Å². The maximum absolute atomic E-state index is 10.8. The number of ether oxygens (including phenoxy) is 1. The van der Waals surface area contributed by atoms with Crippen molar-refractivity contribution in [3.8, 4) is 11.5 Å². The average Bonchev–Trinajstić information content (AvgIpc) is 2.77. The van der Waals surface area contributed by atoms with Crippen molar-refractivity contribution < 1.29 is 14.1 Å². The Morgan fingerprint density at radius 2 is 2.22 bits per heavy atom. The van der Waals surface area contributed by atoms with Crippen molar-refractivity contribution >= 4 is 5.97 Å². The van der Waals surface area contributed by atoms with Crippen LogP contribution < -0.4 is 0 Å². The smallest absolute Gasteiger partial charge is 0.303 e. The fourth-order valence-electron chi connectivity index (χ4n) is 1.60. The molecule has 1 atom stereocenters. The molecule has 1 heterocycles. The Kier molecular flexibility index (Phi) is 3.41. The number of carbonyl (C=O) groups is 1. The van der Waals surface area contributed by atoms with Crippen LogP contribution in [0, 0.1) is 6.92 Å². The molecule has 5 nitrogen and oxygen atoms in total. The van der Waals surface area contributed by atoms with Crippen LogP contribution in [0.2, 0.25) is 0 Å². The van der Waals surface area contributed by atoms with Gasteiger partial charge in [0.25, 0.3) is 5.89 Å². The molecular weight excluding hydrogens is 232 g/mol. The van der Waals surface area contributed by atoms with Gasteiger partial charge in [-0.3, -0.25) is 4.79 Å². The lowest BCUT2D eigenvalue weighted by molar-refractivity contribution is -0.146. The van der Waals surface area contributed by atoms with Crippen LogP contribution in [-0.2, 0) is 9.53 Å². The maximum atomic E-state index is 10.8. The van der Waals surface area contributed by atoms with Crippen LogP contribution >= 0.6 is 0 Å². The van der Waals surface area contributed by atoms with Gasteiger partial charge >= 0.3 is 5.97 Å². The van der Waals surface area contributed by atoms with Crippen LogP contribution in [-0.4, -0.2) is 16.1 Å². The van der Waals surface area contributed by atoms with Crippen LogP contribution in [0.4, 0.5) is 0 Å². The average molecular weight is 246 g/mol. The molecule has 0 bridgehead atoms. The van der Waals surface area contributed by atoms with E-state index < -0.39 is 6.10 Å². The molecule has 94 valence electrons. The number of esters is 1. The number of nitrogens with zero attached hydrogens (tertiary/aromatic N) is 2. The van der Waals surface area contributed by atoms with Gasteiger partial charge in [0.15, 0.2) is 6.10 Å². The van der Waals surface area contributed by atoms with E-state index in [4.69, 9.17) is 9.26 Å². The summed E-state index contributed by atoms with van der Waals surface area (Å²) in [6.07, 6.45) is -0.509. The lowest BCUT2D eigenvalue weighted by atomic mass is 10.1. The SMILES string of the molecule is CC(=O)O[C@H](C)c1noc(-c2cccc(C)c2)n1. The van der Waals surface area contributed by atoms with Gasteiger partial charge < -0.3 is 9.26 Å². The highest BCUT2D eigenvalue weighted by Gasteiger charge is 2.17. The molecule has 0 radical (unpaired) electrons. The van der Waals surface area contributed by atoms with E-state index in [9.17, 15) is 4.79 Å². The summed E-state index contributed by atoms with van der Waals surface area (Å²) in [6.45, 7) is 5.03. The molecule has 0 aliphatic rings. The Morgan fingerprint density at radius 3 is 2.89 bits per heavy atom. The Bertz CT molecular complexity index is 563. The summed E-state index contributed by atoms with van der Waals surface area (Å²) in [5.74, 6) is 0.416. The summed E-state index contributed by atoms with van der Waals surface area (Å²) >= 11 is 0. The minimum absolute atomic E-state index is 0.363. The normalized spacial score (nSPS) is 12.2. The standard InChI is InChI=1S/C13H14N2O3/c1-8-5-4-6-11(7-8)13-14-12(15-18-13)9(2)17-10(3)16/h4-7,9H,1-3H3/t9-/m1/s1. The van der Waals surface area contributed by atoms with E-state index >= 15 is 0 Å². The molecular formula is C13H14N2O3. The van der Waals surface area contributed by atoms with Crippen molar-refractivity contribution in [3.63, 3.8) is 0 Å². The molecule has 1 aromatic heterocycles. The third kappa shape index (κ3) is 2.74. The zero-order chi connectivity index (χ0) is 13.1. The van der Waals surface area contributed by atoms with Gasteiger partial charge in [0.2, 0.25) is 5.82 Å². The number of hydrogen-bond donors (Lipinski definition) is 0. The van der Waals surface area contributed by atoms with Gasteiger partial charge in [-0.1, -0.05) is 22.9 Å². The van der Waals surface area contributed by atoms with Gasteiger partial charge in [0.05, 0.1) is 0 Å². The minimum atomic E-state index is -0.509. The molecule has 5 heteroatoms. The van der Waals surface area contributed by atoms with Crippen LogP contribution in [0.1, 0.15) is 31.3 Å². The highest BCUT2D eigenvalue weighted by Crippen LogP contribution is 2.21. The lowest BCUT2D eigenvalue weighted by Gasteiger charge is -2.05. The molecule has 18 heavy (non-hydrogen) atoms. The zero-order valence-electron chi connectivity index (χ0n) is 10.5. The third-order valence-corrected chi connectivity index (χ3v) is 2.41. The second-order valence-electron chi connectivity index (χ2n) is 4.08. The summed E-state index contributed by atoms with van der Waals surface area (Å²) in [7, 11) is 0. The molecule has 0 spiro atoms. The number of benzene rings is 1. The Hall–Kier alpha value is -2.17. The molecule has 2 rings (SSSR count). The fourth-order valence-corrected chi connectivity index (χ4v) is 1.60. The summed E-state index contributed by atoms with van der Waals surface area (Å²) in [4.78, 5) is 15.1. The molecule has 0 saturated carbocycles. The highest BCUT2D eigenvalue weighted by atomic mass is 16.5. The number of hydrogen-bond acceptors (Lipinski definition) is 5. The van der Waals surface area contributed by atoms with E-state index in [2.05, 4.69) is 10.1 Å². The maximum Gasteiger partial charge on any atom is 0.303 e. The summed E-state index contributed by atoms with van der Waals surface area (Å²) in [6, 6.07) is 7.75. The van der Waals surface area contributed by atoms with Crippen molar-refractivity contribution in [1.29, 1.82) is 0 Å². The monoisotopic (exact) mass is 246 g/mol. The summed E-state index contributed by atoms with van der Waals surface area (Å²) in [5, 5.41) is 3.81. The van der Waals surface area contributed by atoms with E-state index in [0.717, 1.165) is 11.1 Å². The Balaban J connectivity index is 2.22. The minimum Gasteiger partial charge on any atom is -0.454 e. The van der Waals surface area contributed by atoms with Crippen molar-refractivity contribution in [2.45, 2.75) is 26.9 Å². The van der Waals surface area contributed by atoms with Gasteiger partial charge in [-0.25, -0.2) is 0 Å². The van der Waals surface area contributed by atoms with E-state index in [1.165, 1.54) is 6.92 Å². The topological polar surface area (TPSA) is 65.2 Å². The largest absolute Gasteiger partial charge is 0.454 e. The van der Waals surface area contributed by atoms with Crippen molar-refractivity contribution in [1.82, 2.24) is 10.1 Å². The molecule has 2 aromatic rings. The quantitative estimate of drug-likeness (QED) is 0.779. The second kappa shape index (κ2) is 5.00. The summed E-state index contributed by atoms with van der Waals surface area (Å²) in [5.41, 5.74) is 1.96. The molecule has 1 aromatic carbocycles. The van der Waals surface area contributed by atoms with E-state index in [0.29, 0.717) is 11.7 Å². The first-order valence-corrected chi connectivity index (χ1v) is 5.64. The third-order valence-electron chi connectivity index (χ3n) is 2.41. The molecule has 0 aliphatic heterocycles. The molecule has 0 N–H and O–H groups in total. The van der Waals surface area contributed by atoms with E-state index in [1.807, 2.05) is 31.2 Å². The zero-order valence-corrected chi connectivity index (χ0v) is 10.5. The first-order chi connectivity index (χ1) is 8.56. The fraction of sp³-hybridized carbons (Fsp3) is 0.308. The lowest BCUT2D eigenvalue weighted by Crippen LogP contribution is -2.06. The van der Waals surface area contributed by atoms with Crippen LogP contribution in [0.3, 0.4) is 0 Å². The first kappa shape index (κ1) is 12.3. The molecule has 0 aliphatic carbocycles.